The molecule has 2 nitrogen and oxygen atoms in total. The Hall–Kier alpha value is -1.66. The molecule has 1 atom stereocenters. The van der Waals surface area contributed by atoms with Gasteiger partial charge in [0.1, 0.15) is 0 Å². The fraction of sp³-hybridized carbons (Fsp3) is 0.350. The van der Waals surface area contributed by atoms with Crippen LogP contribution in [0.1, 0.15) is 13.8 Å². The molecule has 0 aliphatic carbocycles. The molecule has 0 radical (unpaired) electrons. The van der Waals surface area contributed by atoms with Crippen LogP contribution in [0.25, 0.3) is 0 Å². The van der Waals surface area contributed by atoms with Gasteiger partial charge in [-0.1, -0.05) is 0 Å². The summed E-state index contributed by atoms with van der Waals surface area (Å²) in [4.78, 5) is 12.2. The van der Waals surface area contributed by atoms with E-state index in [9.17, 15) is 4.79 Å². The molecular formula is C20H27O2P. The first-order valence-corrected chi connectivity index (χ1v) is 11.5. The second-order valence-corrected chi connectivity index (χ2v) is 13.1. The van der Waals surface area contributed by atoms with Gasteiger partial charge in [-0.2, -0.15) is 0 Å². The predicted octanol–water partition coefficient (Wildman–Crippen LogP) is 3.65. The Kier molecular flexibility index (Phi) is 5.26. The van der Waals surface area contributed by atoms with Gasteiger partial charge >= 0.3 is 139 Å². The molecule has 2 aromatic carbocycles. The fourth-order valence-electron chi connectivity index (χ4n) is 3.35. The van der Waals surface area contributed by atoms with Crippen LogP contribution in [0.4, 0.5) is 0 Å². The maximum absolute atomic E-state index is 12.2. The van der Waals surface area contributed by atoms with Crippen LogP contribution < -0.4 is 10.6 Å². The van der Waals surface area contributed by atoms with Crippen molar-refractivity contribution in [2.24, 2.45) is 5.92 Å². The van der Waals surface area contributed by atoms with Gasteiger partial charge in [0, 0.05) is 0 Å². The molecule has 0 N–H and O–H groups in total. The summed E-state index contributed by atoms with van der Waals surface area (Å²) in [5, 5.41) is 2.67. The molecule has 0 amide bonds. The van der Waals surface area contributed by atoms with Crippen LogP contribution in [0.5, 0.6) is 0 Å². The van der Waals surface area contributed by atoms with Gasteiger partial charge in [-0.25, -0.2) is 0 Å². The first-order chi connectivity index (χ1) is 10.9. The molecule has 0 aliphatic rings. The summed E-state index contributed by atoms with van der Waals surface area (Å²) in [5.41, 5.74) is 0. The normalized spacial score (nSPS) is 14.5. The van der Waals surface area contributed by atoms with Crippen molar-refractivity contribution in [1.29, 1.82) is 0 Å². The molecule has 0 bridgehead atoms. The summed E-state index contributed by atoms with van der Waals surface area (Å²) in [5.74, 6) is -0.222. The Balaban J connectivity index is 2.51. The minimum absolute atomic E-state index is 0.0999. The van der Waals surface area contributed by atoms with E-state index in [1.54, 1.807) is 0 Å². The van der Waals surface area contributed by atoms with Crippen LogP contribution in [-0.2, 0) is 9.53 Å². The van der Waals surface area contributed by atoms with Crippen molar-refractivity contribution < 1.29 is 9.53 Å². The molecule has 0 fully saturated rings. The summed E-state index contributed by atoms with van der Waals surface area (Å²) >= 11 is 0. The zero-order chi connectivity index (χ0) is 16.9. The van der Waals surface area contributed by atoms with E-state index in [4.69, 9.17) is 4.74 Å². The second kappa shape index (κ2) is 6.84. The van der Waals surface area contributed by atoms with E-state index in [-0.39, 0.29) is 11.9 Å². The summed E-state index contributed by atoms with van der Waals surface area (Å²) in [7, 11) is 0. The van der Waals surface area contributed by atoms with E-state index in [0.29, 0.717) is 6.61 Å². The van der Waals surface area contributed by atoms with Crippen molar-refractivity contribution in [2.45, 2.75) is 13.8 Å². The number of ether oxygens (including phenoxy) is 1. The predicted molar refractivity (Wildman–Crippen MR) is 102 cm³/mol. The number of esters is 1. The number of hydrogen-bond acceptors (Lipinski definition) is 2. The third kappa shape index (κ3) is 3.64. The summed E-state index contributed by atoms with van der Waals surface area (Å²) in [6.45, 7) is 6.53. The Morgan fingerprint density at radius 3 is 1.78 bits per heavy atom. The Morgan fingerprint density at radius 2 is 1.39 bits per heavy atom. The van der Waals surface area contributed by atoms with Gasteiger partial charge < -0.3 is 0 Å². The second-order valence-electron chi connectivity index (χ2n) is 6.91. The topological polar surface area (TPSA) is 26.3 Å². The average molecular weight is 330 g/mol. The molecule has 2 rings (SSSR count). The van der Waals surface area contributed by atoms with Crippen molar-refractivity contribution in [3.63, 3.8) is 0 Å². The number of carbonyl (C=O) groups excluding carboxylic acids is 1. The van der Waals surface area contributed by atoms with Gasteiger partial charge in [-0.3, -0.25) is 0 Å². The van der Waals surface area contributed by atoms with Crippen LogP contribution >= 0.6 is 6.60 Å². The van der Waals surface area contributed by atoms with Crippen LogP contribution in [0.3, 0.4) is 0 Å². The maximum atomic E-state index is 12.2. The number of rotatable bonds is 6. The molecule has 2 aromatic rings. The van der Waals surface area contributed by atoms with Crippen LogP contribution in [0.2, 0.25) is 0 Å². The van der Waals surface area contributed by atoms with Gasteiger partial charge in [0.25, 0.3) is 0 Å². The van der Waals surface area contributed by atoms with Crippen molar-refractivity contribution in [3.8, 4) is 0 Å². The molecular weight excluding hydrogens is 303 g/mol. The first-order valence-electron chi connectivity index (χ1n) is 8.16. The number of carbonyl (C=O) groups is 1. The molecule has 1 unspecified atom stereocenters. The molecule has 0 saturated heterocycles. The van der Waals surface area contributed by atoms with Gasteiger partial charge in [0.05, 0.1) is 0 Å². The summed E-state index contributed by atoms with van der Waals surface area (Å²) in [6.07, 6.45) is 0.818. The van der Waals surface area contributed by atoms with Gasteiger partial charge in [0.2, 0.25) is 0 Å². The third-order valence-corrected chi connectivity index (χ3v) is 10.2. The van der Waals surface area contributed by atoms with E-state index < -0.39 is 6.60 Å². The van der Waals surface area contributed by atoms with Crippen molar-refractivity contribution >= 4 is 23.2 Å². The van der Waals surface area contributed by atoms with Crippen molar-refractivity contribution in [1.82, 2.24) is 0 Å². The Labute approximate surface area is 139 Å². The van der Waals surface area contributed by atoms with Crippen LogP contribution in [-0.4, -0.2) is 32.1 Å². The quantitative estimate of drug-likeness (QED) is 0.597. The zero-order valence-corrected chi connectivity index (χ0v) is 15.4. The summed E-state index contributed by atoms with van der Waals surface area (Å²) < 4.78 is 5.25. The minimum atomic E-state index is -2.45. The number of benzene rings is 2. The average Bonchev–Trinajstić information content (AvgIpc) is 2.56. The third-order valence-electron chi connectivity index (χ3n) is 4.68. The van der Waals surface area contributed by atoms with Crippen molar-refractivity contribution in [3.05, 3.63) is 60.7 Å². The molecule has 124 valence electrons. The number of hydrogen-bond donors (Lipinski definition) is 0. The zero-order valence-electron chi connectivity index (χ0n) is 14.5. The SMILES string of the molecule is CCOC(=O)C(C)CP(C)(C)(c1ccccc1)c1ccccc1. The van der Waals surface area contributed by atoms with Gasteiger partial charge in [-0.05, 0) is 0 Å². The standard InChI is InChI=1S/C20H27O2P/c1-5-22-20(21)17(2)16-23(3,4,18-12-8-6-9-13-18)19-14-10-7-11-15-19/h6-15,17H,5,16H2,1-4H3. The van der Waals surface area contributed by atoms with Gasteiger partial charge in [-0.15, -0.1) is 0 Å². The van der Waals surface area contributed by atoms with Gasteiger partial charge in [0.15, 0.2) is 0 Å². The Bertz CT molecular complexity index is 606. The van der Waals surface area contributed by atoms with Crippen molar-refractivity contribution in [2.75, 3.05) is 26.1 Å². The van der Waals surface area contributed by atoms with E-state index >= 15 is 0 Å². The van der Waals surface area contributed by atoms with Crippen LogP contribution in [0.15, 0.2) is 60.7 Å². The molecule has 0 saturated carbocycles. The fourth-order valence-corrected chi connectivity index (χ4v) is 8.12. The summed E-state index contributed by atoms with van der Waals surface area (Å²) in [6, 6.07) is 21.2. The van der Waals surface area contributed by atoms with E-state index in [0.717, 1.165) is 6.16 Å². The molecule has 0 aromatic heterocycles. The van der Waals surface area contributed by atoms with E-state index in [2.05, 4.69) is 61.9 Å². The molecule has 0 aliphatic heterocycles. The molecule has 23 heavy (non-hydrogen) atoms. The van der Waals surface area contributed by atoms with Crippen LogP contribution in [0, 0.1) is 5.92 Å². The Morgan fingerprint density at radius 1 is 0.957 bits per heavy atom. The monoisotopic (exact) mass is 330 g/mol. The van der Waals surface area contributed by atoms with E-state index in [1.165, 1.54) is 10.6 Å². The molecule has 3 heteroatoms. The van der Waals surface area contributed by atoms with E-state index in [1.807, 2.05) is 26.0 Å². The molecule has 0 spiro atoms. The first kappa shape index (κ1) is 17.7. The molecule has 0 heterocycles.